The maximum Gasteiger partial charge on any atom is 0.263 e. The summed E-state index contributed by atoms with van der Waals surface area (Å²) in [5.74, 6) is -0.478. The minimum atomic E-state index is -3.72. The van der Waals surface area contributed by atoms with E-state index in [0.717, 1.165) is 51.4 Å². The van der Waals surface area contributed by atoms with Crippen LogP contribution in [0.3, 0.4) is 0 Å². The standard InChI is InChI=1S/C28H32N4O5S2/c33-25(30-21-14-16-22(17-15-21)39(36,37)31-28-29-18-20-38-28)13-7-5-3-1-2-4-6-10-19-32-26(34)23-11-8-9-12-24(23)27(32)35/h8-9,11-12,14-18,20H,1-7,10,13,19H2,(H,29,31)(H,30,33). The number of fused-ring (bicyclic) bond motifs is 1. The minimum absolute atomic E-state index is 0.0966. The molecule has 0 aliphatic carbocycles. The predicted octanol–water partition coefficient (Wildman–Crippen LogP) is 5.69. The molecule has 3 amide bonds. The first kappa shape index (κ1) is 28.4. The van der Waals surface area contributed by atoms with Crippen LogP contribution in [0.1, 0.15) is 78.5 Å². The topological polar surface area (TPSA) is 126 Å². The Hall–Kier alpha value is -3.57. The van der Waals surface area contributed by atoms with Gasteiger partial charge in [-0.1, -0.05) is 50.7 Å². The van der Waals surface area contributed by atoms with Crippen molar-refractivity contribution in [1.82, 2.24) is 9.88 Å². The van der Waals surface area contributed by atoms with Gasteiger partial charge in [0.1, 0.15) is 0 Å². The Morgan fingerprint density at radius 2 is 1.41 bits per heavy atom. The summed E-state index contributed by atoms with van der Waals surface area (Å²) in [5.41, 5.74) is 1.55. The molecule has 2 N–H and O–H groups in total. The van der Waals surface area contributed by atoms with Crippen molar-refractivity contribution in [2.24, 2.45) is 0 Å². The number of benzene rings is 2. The second kappa shape index (κ2) is 13.5. The number of thiazole rings is 1. The molecule has 0 fully saturated rings. The lowest BCUT2D eigenvalue weighted by molar-refractivity contribution is -0.116. The maximum atomic E-state index is 12.4. The van der Waals surface area contributed by atoms with Crippen LogP contribution in [-0.2, 0) is 14.8 Å². The minimum Gasteiger partial charge on any atom is -0.326 e. The van der Waals surface area contributed by atoms with Gasteiger partial charge in [0, 0.05) is 30.2 Å². The Labute approximate surface area is 232 Å². The average Bonchev–Trinajstić information content (AvgIpc) is 3.51. The molecule has 1 aliphatic rings. The van der Waals surface area contributed by atoms with E-state index in [1.54, 1.807) is 41.8 Å². The lowest BCUT2D eigenvalue weighted by Gasteiger charge is -2.13. The van der Waals surface area contributed by atoms with Gasteiger partial charge in [-0.25, -0.2) is 13.4 Å². The summed E-state index contributed by atoms with van der Waals surface area (Å²) in [4.78, 5) is 42.4. The molecule has 39 heavy (non-hydrogen) atoms. The van der Waals surface area contributed by atoms with Crippen LogP contribution >= 0.6 is 11.3 Å². The SMILES string of the molecule is O=C(CCCCCCCCCCN1C(=O)c2ccccc2C1=O)Nc1ccc(S(=O)(=O)Nc2nccs2)cc1. The van der Waals surface area contributed by atoms with Crippen LogP contribution in [0.25, 0.3) is 0 Å². The van der Waals surface area contributed by atoms with Crippen molar-refractivity contribution in [3.63, 3.8) is 0 Å². The molecule has 0 radical (unpaired) electrons. The fourth-order valence-corrected chi connectivity index (χ4v) is 6.24. The van der Waals surface area contributed by atoms with Gasteiger partial charge in [-0.05, 0) is 49.2 Å². The number of unbranched alkanes of at least 4 members (excludes halogenated alkanes) is 7. The molecule has 11 heteroatoms. The van der Waals surface area contributed by atoms with E-state index in [2.05, 4.69) is 15.0 Å². The lowest BCUT2D eigenvalue weighted by atomic mass is 10.1. The van der Waals surface area contributed by atoms with Crippen molar-refractivity contribution in [1.29, 1.82) is 0 Å². The van der Waals surface area contributed by atoms with Gasteiger partial charge in [0.05, 0.1) is 16.0 Å². The first-order valence-electron chi connectivity index (χ1n) is 13.1. The third kappa shape index (κ3) is 7.73. The number of nitrogens with one attached hydrogen (secondary N) is 2. The molecule has 3 aromatic rings. The monoisotopic (exact) mass is 568 g/mol. The molecule has 4 rings (SSSR count). The largest absolute Gasteiger partial charge is 0.326 e. The van der Waals surface area contributed by atoms with Crippen LogP contribution in [0.15, 0.2) is 65.0 Å². The molecule has 0 bridgehead atoms. The normalized spacial score (nSPS) is 13.0. The van der Waals surface area contributed by atoms with E-state index in [1.807, 2.05) is 0 Å². The first-order valence-corrected chi connectivity index (χ1v) is 15.5. The Kier molecular flexibility index (Phi) is 9.83. The van der Waals surface area contributed by atoms with Gasteiger partial charge in [-0.15, -0.1) is 11.3 Å². The van der Waals surface area contributed by atoms with Crippen molar-refractivity contribution in [2.75, 3.05) is 16.6 Å². The zero-order chi connectivity index (χ0) is 27.7. The Bertz CT molecular complexity index is 1350. The van der Waals surface area contributed by atoms with E-state index in [0.29, 0.717) is 34.9 Å². The van der Waals surface area contributed by atoms with Crippen molar-refractivity contribution >= 4 is 49.9 Å². The maximum absolute atomic E-state index is 12.4. The van der Waals surface area contributed by atoms with Gasteiger partial charge in [-0.2, -0.15) is 0 Å². The molecular weight excluding hydrogens is 536 g/mol. The first-order chi connectivity index (χ1) is 18.8. The predicted molar refractivity (Wildman–Crippen MR) is 151 cm³/mol. The van der Waals surface area contributed by atoms with Crippen molar-refractivity contribution < 1.29 is 22.8 Å². The zero-order valence-electron chi connectivity index (χ0n) is 21.6. The number of amides is 3. The number of anilines is 2. The molecule has 0 unspecified atom stereocenters. The van der Waals surface area contributed by atoms with Gasteiger partial charge in [0.2, 0.25) is 5.91 Å². The second-order valence-electron chi connectivity index (χ2n) is 9.40. The van der Waals surface area contributed by atoms with Gasteiger partial charge in [-0.3, -0.25) is 24.0 Å². The van der Waals surface area contributed by atoms with Crippen LogP contribution in [0.2, 0.25) is 0 Å². The number of rotatable bonds is 15. The van der Waals surface area contributed by atoms with E-state index in [1.165, 1.54) is 34.6 Å². The third-order valence-electron chi connectivity index (χ3n) is 6.52. The molecule has 1 aliphatic heterocycles. The number of hydrogen-bond donors (Lipinski definition) is 2. The molecule has 9 nitrogen and oxygen atoms in total. The number of sulfonamides is 1. The van der Waals surface area contributed by atoms with Crippen LogP contribution < -0.4 is 10.0 Å². The lowest BCUT2D eigenvalue weighted by Crippen LogP contribution is -2.30. The van der Waals surface area contributed by atoms with E-state index < -0.39 is 10.0 Å². The molecule has 0 saturated heterocycles. The zero-order valence-corrected chi connectivity index (χ0v) is 23.2. The molecule has 2 heterocycles. The molecule has 0 atom stereocenters. The molecule has 1 aromatic heterocycles. The van der Waals surface area contributed by atoms with Crippen molar-refractivity contribution in [2.45, 2.75) is 62.7 Å². The number of carbonyl (C=O) groups is 3. The Morgan fingerprint density at radius 3 is 2.00 bits per heavy atom. The fraction of sp³-hybridized carbons (Fsp3) is 0.357. The molecule has 0 saturated carbocycles. The van der Waals surface area contributed by atoms with Crippen LogP contribution in [0, 0.1) is 0 Å². The summed E-state index contributed by atoms with van der Waals surface area (Å²) in [6.07, 6.45) is 9.72. The average molecular weight is 569 g/mol. The number of carbonyl (C=O) groups excluding carboxylic acids is 3. The number of nitrogens with zero attached hydrogens (tertiary/aromatic N) is 2. The van der Waals surface area contributed by atoms with E-state index in [4.69, 9.17) is 0 Å². The third-order valence-corrected chi connectivity index (χ3v) is 8.69. The Balaban J connectivity index is 1.03. The van der Waals surface area contributed by atoms with E-state index >= 15 is 0 Å². The van der Waals surface area contributed by atoms with Gasteiger partial charge in [0.15, 0.2) is 5.13 Å². The summed E-state index contributed by atoms with van der Waals surface area (Å²) in [7, 11) is -3.72. The van der Waals surface area contributed by atoms with E-state index in [9.17, 15) is 22.8 Å². The number of hydrogen-bond acceptors (Lipinski definition) is 7. The van der Waals surface area contributed by atoms with Crippen LogP contribution in [0.5, 0.6) is 0 Å². The summed E-state index contributed by atoms with van der Waals surface area (Å²) in [6.45, 7) is 0.462. The van der Waals surface area contributed by atoms with Crippen LogP contribution in [-0.4, -0.2) is 42.6 Å². The summed E-state index contributed by atoms with van der Waals surface area (Å²) < 4.78 is 27.2. The van der Waals surface area contributed by atoms with E-state index in [-0.39, 0.29) is 22.6 Å². The molecule has 0 spiro atoms. The van der Waals surface area contributed by atoms with Crippen molar-refractivity contribution in [3.05, 3.63) is 71.2 Å². The summed E-state index contributed by atoms with van der Waals surface area (Å²) in [6, 6.07) is 13.0. The van der Waals surface area contributed by atoms with Crippen LogP contribution in [0.4, 0.5) is 10.8 Å². The summed E-state index contributed by atoms with van der Waals surface area (Å²) in [5, 5.41) is 4.79. The Morgan fingerprint density at radius 1 is 0.821 bits per heavy atom. The summed E-state index contributed by atoms with van der Waals surface area (Å²) >= 11 is 1.19. The highest BCUT2D eigenvalue weighted by Gasteiger charge is 2.34. The van der Waals surface area contributed by atoms with Crippen molar-refractivity contribution in [3.8, 4) is 0 Å². The smallest absolute Gasteiger partial charge is 0.263 e. The number of aromatic nitrogens is 1. The fourth-order valence-electron chi connectivity index (χ4n) is 4.45. The van der Waals surface area contributed by atoms with Gasteiger partial charge < -0.3 is 5.32 Å². The van der Waals surface area contributed by atoms with Gasteiger partial charge in [0.25, 0.3) is 21.8 Å². The molecule has 206 valence electrons. The molecule has 2 aromatic carbocycles. The quantitative estimate of drug-likeness (QED) is 0.179. The second-order valence-corrected chi connectivity index (χ2v) is 12.0. The molecular formula is C28H32N4O5S2. The van der Waals surface area contributed by atoms with Gasteiger partial charge >= 0.3 is 0 Å². The number of imide groups is 1. The highest BCUT2D eigenvalue weighted by molar-refractivity contribution is 7.93. The highest BCUT2D eigenvalue weighted by atomic mass is 32.2. The highest BCUT2D eigenvalue weighted by Crippen LogP contribution is 2.23.